The number of para-hydroxylation sites is 2. The van der Waals surface area contributed by atoms with Crippen LogP contribution in [0.2, 0.25) is 0 Å². The molecule has 0 N–H and O–H groups in total. The molecular formula is C55H44N4S5. The number of aryl methyl sites for hydroxylation is 2. The molecule has 314 valence electrons. The van der Waals surface area contributed by atoms with E-state index in [1.165, 1.54) is 144 Å². The summed E-state index contributed by atoms with van der Waals surface area (Å²) in [6.07, 6.45) is 7.85. The maximum Gasteiger partial charge on any atom is 0.114 e. The Morgan fingerprint density at radius 2 is 0.844 bits per heavy atom. The van der Waals surface area contributed by atoms with Crippen molar-refractivity contribution in [1.29, 1.82) is 0 Å². The lowest BCUT2D eigenvalue weighted by molar-refractivity contribution is 0.571. The van der Waals surface area contributed by atoms with E-state index < -0.39 is 0 Å². The molecule has 0 fully saturated rings. The van der Waals surface area contributed by atoms with Crippen molar-refractivity contribution >= 4 is 112 Å². The van der Waals surface area contributed by atoms with Gasteiger partial charge in [0.25, 0.3) is 0 Å². The van der Waals surface area contributed by atoms with Crippen LogP contribution in [0.3, 0.4) is 0 Å². The summed E-state index contributed by atoms with van der Waals surface area (Å²) < 4.78 is 14.6. The van der Waals surface area contributed by atoms with Crippen LogP contribution in [0.15, 0.2) is 146 Å². The predicted molar refractivity (Wildman–Crippen MR) is 282 cm³/mol. The Labute approximate surface area is 392 Å². The molecule has 9 heteroatoms. The maximum atomic E-state index is 4.87. The Bertz CT molecular complexity index is 3660. The molecule has 0 saturated carbocycles. The fourth-order valence-corrected chi connectivity index (χ4v) is 14.4. The van der Waals surface area contributed by atoms with Crippen LogP contribution >= 0.6 is 57.1 Å². The van der Waals surface area contributed by atoms with E-state index in [9.17, 15) is 0 Å². The summed E-state index contributed by atoms with van der Waals surface area (Å²) in [5.41, 5.74) is 12.0. The molecule has 7 aromatic heterocycles. The molecule has 7 heterocycles. The van der Waals surface area contributed by atoms with Crippen LogP contribution in [0.25, 0.3) is 116 Å². The zero-order valence-corrected chi connectivity index (χ0v) is 39.7. The molecule has 12 aromatic rings. The molecular weight excluding hydrogens is 877 g/mol. The molecule has 0 aliphatic rings. The van der Waals surface area contributed by atoms with Crippen molar-refractivity contribution in [2.45, 2.75) is 52.0 Å². The van der Waals surface area contributed by atoms with Crippen LogP contribution in [0, 0.1) is 0 Å². The highest BCUT2D eigenvalue weighted by Gasteiger charge is 2.19. The van der Waals surface area contributed by atoms with Crippen molar-refractivity contribution in [2.24, 2.45) is 7.05 Å². The lowest BCUT2D eigenvalue weighted by Crippen LogP contribution is -1.97. The van der Waals surface area contributed by atoms with E-state index in [0.717, 1.165) is 28.7 Å². The normalized spacial score (nSPS) is 12.0. The zero-order chi connectivity index (χ0) is 42.7. The summed E-state index contributed by atoms with van der Waals surface area (Å²) in [7, 11) is 2.16. The van der Waals surface area contributed by atoms with E-state index in [1.807, 2.05) is 45.3 Å². The van der Waals surface area contributed by atoms with Crippen LogP contribution in [0.5, 0.6) is 0 Å². The lowest BCUT2D eigenvalue weighted by Gasteiger charge is -2.08. The lowest BCUT2D eigenvalue weighted by atomic mass is 10.1. The van der Waals surface area contributed by atoms with Gasteiger partial charge in [0.15, 0.2) is 0 Å². The Hall–Kier alpha value is -5.68. The van der Waals surface area contributed by atoms with Gasteiger partial charge in [-0.1, -0.05) is 99.7 Å². The summed E-state index contributed by atoms with van der Waals surface area (Å²) in [5, 5.41) is 5.30. The average Bonchev–Trinajstić information content (AvgIpc) is 4.20. The summed E-state index contributed by atoms with van der Waals surface area (Å²) in [6, 6.07) is 54.3. The summed E-state index contributed by atoms with van der Waals surface area (Å²) in [4.78, 5) is 10.1. The molecule has 64 heavy (non-hydrogen) atoms. The van der Waals surface area contributed by atoms with Gasteiger partial charge in [-0.2, -0.15) is 8.75 Å². The van der Waals surface area contributed by atoms with Gasteiger partial charge in [-0.05, 0) is 102 Å². The van der Waals surface area contributed by atoms with Crippen LogP contribution < -0.4 is 0 Å². The maximum absolute atomic E-state index is 4.87. The van der Waals surface area contributed by atoms with Gasteiger partial charge < -0.3 is 9.13 Å². The molecule has 0 radical (unpaired) electrons. The molecule has 0 atom stereocenters. The fourth-order valence-electron chi connectivity index (χ4n) is 9.56. The molecule has 0 spiro atoms. The Morgan fingerprint density at radius 3 is 1.45 bits per heavy atom. The van der Waals surface area contributed by atoms with Gasteiger partial charge in [0.05, 0.1) is 11.7 Å². The number of nitrogens with zero attached hydrogens (tertiary/aromatic N) is 4. The van der Waals surface area contributed by atoms with Gasteiger partial charge >= 0.3 is 0 Å². The standard InChI is InChI=1S/C55H44N4S5/c1-3-4-5-6-7-12-31-59-44-16-11-9-14-37(44)41-33-35(18-22-45(41)59)47-24-28-51(61-47)53-30-26-49(63-53)39-20-19-38(54-55(39)57-64-56-54)48-25-29-52(62-48)50-27-23-46(60-50)34-17-21-43-40(32-34)36-13-8-10-15-42(36)58(43)2/h8-11,13-30,32-33H,3-7,12,31H2,1-2H3. The Morgan fingerprint density at radius 1 is 0.406 bits per heavy atom. The monoisotopic (exact) mass is 920 g/mol. The van der Waals surface area contributed by atoms with E-state index in [-0.39, 0.29) is 0 Å². The van der Waals surface area contributed by atoms with Crippen molar-refractivity contribution in [3.05, 3.63) is 146 Å². The molecule has 12 rings (SSSR count). The Kier molecular flexibility index (Phi) is 10.4. The summed E-state index contributed by atoms with van der Waals surface area (Å²) in [6.45, 7) is 3.36. The highest BCUT2D eigenvalue weighted by Crippen LogP contribution is 2.46. The van der Waals surface area contributed by atoms with Crippen molar-refractivity contribution in [1.82, 2.24) is 17.9 Å². The third kappa shape index (κ3) is 6.96. The molecule has 0 unspecified atom stereocenters. The first-order valence-electron chi connectivity index (χ1n) is 22.2. The van der Waals surface area contributed by atoms with E-state index in [1.54, 1.807) is 0 Å². The van der Waals surface area contributed by atoms with Crippen LogP contribution in [0.1, 0.15) is 45.4 Å². The Balaban J connectivity index is 0.784. The minimum absolute atomic E-state index is 0.975. The molecule has 0 aliphatic heterocycles. The second-order valence-corrected chi connectivity index (χ2v) is 21.6. The van der Waals surface area contributed by atoms with Crippen molar-refractivity contribution < 1.29 is 0 Å². The number of rotatable bonds is 13. The van der Waals surface area contributed by atoms with Crippen LogP contribution in [-0.4, -0.2) is 17.9 Å². The highest BCUT2D eigenvalue weighted by molar-refractivity contribution is 7.26. The number of benzene rings is 5. The van der Waals surface area contributed by atoms with Gasteiger partial charge in [-0.25, -0.2) is 0 Å². The molecule has 0 saturated heterocycles. The van der Waals surface area contributed by atoms with E-state index in [0.29, 0.717) is 0 Å². The predicted octanol–water partition coefficient (Wildman–Crippen LogP) is 18.1. The first-order valence-corrected chi connectivity index (χ1v) is 26.2. The number of hydrogen-bond donors (Lipinski definition) is 0. The fraction of sp³-hybridized carbons (Fsp3) is 0.164. The van der Waals surface area contributed by atoms with Crippen molar-refractivity contribution in [3.8, 4) is 61.3 Å². The van der Waals surface area contributed by atoms with E-state index in [4.69, 9.17) is 8.75 Å². The average molecular weight is 921 g/mol. The minimum Gasteiger partial charge on any atom is -0.344 e. The van der Waals surface area contributed by atoms with Gasteiger partial charge in [0.2, 0.25) is 0 Å². The van der Waals surface area contributed by atoms with Crippen molar-refractivity contribution in [3.63, 3.8) is 0 Å². The SMILES string of the molecule is CCCCCCCCn1c2ccccc2c2cc(-c3ccc(-c4ccc(-c5ccc(-c6ccc(-c7ccc(-c8ccc9c(c8)c8ccccc8n9C)s7)s6)c6nsnc56)s4)s3)ccc21. The van der Waals surface area contributed by atoms with Crippen LogP contribution in [0.4, 0.5) is 0 Å². The van der Waals surface area contributed by atoms with E-state index >= 15 is 0 Å². The van der Waals surface area contributed by atoms with Gasteiger partial charge in [-0.3, -0.25) is 0 Å². The molecule has 4 nitrogen and oxygen atoms in total. The number of fused-ring (bicyclic) bond motifs is 7. The first-order chi connectivity index (χ1) is 31.6. The number of hydrogen-bond acceptors (Lipinski definition) is 7. The second-order valence-electron chi connectivity index (χ2n) is 16.8. The number of unbranched alkanes of at least 4 members (excludes halogenated alkanes) is 5. The summed E-state index contributed by atoms with van der Waals surface area (Å²) in [5.74, 6) is 0. The van der Waals surface area contributed by atoms with Crippen molar-refractivity contribution in [2.75, 3.05) is 0 Å². The first kappa shape index (κ1) is 39.9. The summed E-state index contributed by atoms with van der Waals surface area (Å²) >= 11 is 8.71. The molecule has 0 bridgehead atoms. The van der Waals surface area contributed by atoms with E-state index in [2.05, 4.69) is 169 Å². The topological polar surface area (TPSA) is 35.6 Å². The van der Waals surface area contributed by atoms with Crippen LogP contribution in [-0.2, 0) is 13.6 Å². The molecule has 5 aromatic carbocycles. The largest absolute Gasteiger partial charge is 0.344 e. The number of aromatic nitrogens is 4. The molecule has 0 amide bonds. The number of thiophene rings is 4. The quantitative estimate of drug-likeness (QED) is 0.108. The zero-order valence-electron chi connectivity index (χ0n) is 35.6. The second kappa shape index (κ2) is 16.7. The van der Waals surface area contributed by atoms with Gasteiger partial charge in [0, 0.05) is 107 Å². The molecule has 0 aliphatic carbocycles. The third-order valence-corrected chi connectivity index (χ3v) is 18.3. The minimum atomic E-state index is 0.975. The van der Waals surface area contributed by atoms with Gasteiger partial charge in [-0.15, -0.1) is 45.3 Å². The third-order valence-electron chi connectivity index (χ3n) is 12.8. The highest BCUT2D eigenvalue weighted by atomic mass is 32.1. The smallest absolute Gasteiger partial charge is 0.114 e. The van der Waals surface area contributed by atoms with Gasteiger partial charge in [0.1, 0.15) is 11.0 Å².